The van der Waals surface area contributed by atoms with Crippen LogP contribution >= 0.6 is 0 Å². The van der Waals surface area contributed by atoms with Crippen LogP contribution < -0.4 is 16.1 Å². The molecule has 10 nitrogen and oxygen atoms in total. The third kappa shape index (κ3) is 5.57. The molecule has 3 N–H and O–H groups in total. The maximum absolute atomic E-state index is 13.7. The second kappa shape index (κ2) is 11.4. The van der Waals surface area contributed by atoms with E-state index in [9.17, 15) is 22.9 Å². The summed E-state index contributed by atoms with van der Waals surface area (Å²) >= 11 is 0. The van der Waals surface area contributed by atoms with Crippen LogP contribution in [-0.4, -0.2) is 80.0 Å². The number of rotatable bonds is 8. The van der Waals surface area contributed by atoms with E-state index in [-0.39, 0.29) is 28.6 Å². The van der Waals surface area contributed by atoms with Crippen LogP contribution in [0.5, 0.6) is 0 Å². The summed E-state index contributed by atoms with van der Waals surface area (Å²) in [4.78, 5) is 15.6. The van der Waals surface area contributed by atoms with Crippen molar-refractivity contribution in [2.24, 2.45) is 5.92 Å². The van der Waals surface area contributed by atoms with E-state index in [4.69, 9.17) is 0 Å². The number of nitriles is 1. The van der Waals surface area contributed by atoms with Crippen LogP contribution in [-0.2, 0) is 21.4 Å². The lowest BCUT2D eigenvalue weighted by Crippen LogP contribution is -2.62. The van der Waals surface area contributed by atoms with Crippen molar-refractivity contribution in [3.63, 3.8) is 0 Å². The Labute approximate surface area is 235 Å². The SMILES string of the molecule is CN(C)S(=O)(=O)c1ccc(NC2NN(C3(CC#N)CCN(Cc4cccc(F)c4)CC3)C3CCNC(=O)C23)cc1. The molecule has 3 heterocycles. The van der Waals surface area contributed by atoms with Crippen LogP contribution in [0.25, 0.3) is 0 Å². The minimum atomic E-state index is -3.55. The molecule has 0 bridgehead atoms. The monoisotopic (exact) mass is 569 g/mol. The molecule has 3 fully saturated rings. The molecule has 0 spiro atoms. The molecular formula is C28H36FN7O3S. The quantitative estimate of drug-likeness (QED) is 0.442. The van der Waals surface area contributed by atoms with Gasteiger partial charge in [-0.3, -0.25) is 9.69 Å². The Kier molecular flexibility index (Phi) is 8.13. The molecule has 3 atom stereocenters. The van der Waals surface area contributed by atoms with Gasteiger partial charge < -0.3 is 10.6 Å². The second-order valence-corrected chi connectivity index (χ2v) is 13.2. The Bertz CT molecular complexity index is 1370. The zero-order valence-electron chi connectivity index (χ0n) is 22.8. The van der Waals surface area contributed by atoms with Gasteiger partial charge in [-0.1, -0.05) is 12.1 Å². The number of hydrazine groups is 1. The number of piperidine rings is 2. The third-order valence-electron chi connectivity index (χ3n) is 8.38. The molecular weight excluding hydrogens is 533 g/mol. The molecule has 2 aromatic rings. The van der Waals surface area contributed by atoms with Gasteiger partial charge in [-0.05, 0) is 61.2 Å². The van der Waals surface area contributed by atoms with E-state index in [1.807, 2.05) is 6.07 Å². The van der Waals surface area contributed by atoms with Gasteiger partial charge in [0.25, 0.3) is 0 Å². The lowest BCUT2D eigenvalue weighted by Gasteiger charge is -2.49. The van der Waals surface area contributed by atoms with Crippen LogP contribution in [0.1, 0.15) is 31.2 Å². The van der Waals surface area contributed by atoms with Gasteiger partial charge in [-0.25, -0.2) is 27.5 Å². The highest BCUT2D eigenvalue weighted by atomic mass is 32.2. The fraction of sp³-hybridized carbons (Fsp3) is 0.500. The molecule has 3 aliphatic heterocycles. The molecule has 214 valence electrons. The number of nitrogens with zero attached hydrogens (tertiary/aromatic N) is 4. The van der Waals surface area contributed by atoms with E-state index in [1.165, 1.54) is 24.5 Å². The molecule has 3 unspecified atom stereocenters. The molecule has 0 aromatic heterocycles. The number of benzene rings is 2. The molecule has 40 heavy (non-hydrogen) atoms. The maximum atomic E-state index is 13.7. The maximum Gasteiger partial charge on any atom is 0.242 e. The summed E-state index contributed by atoms with van der Waals surface area (Å²) < 4.78 is 39.8. The molecule has 0 saturated carbocycles. The predicted octanol–water partition coefficient (Wildman–Crippen LogP) is 2.09. The Morgan fingerprint density at radius 3 is 2.55 bits per heavy atom. The number of fused-ring (bicyclic) bond motifs is 1. The van der Waals surface area contributed by atoms with Gasteiger partial charge >= 0.3 is 0 Å². The van der Waals surface area contributed by atoms with E-state index in [0.717, 1.165) is 37.9 Å². The number of amides is 1. The van der Waals surface area contributed by atoms with Crippen LogP contribution in [0.15, 0.2) is 53.4 Å². The second-order valence-electron chi connectivity index (χ2n) is 11.1. The summed E-state index contributed by atoms with van der Waals surface area (Å²) in [6, 6.07) is 15.4. The van der Waals surface area contributed by atoms with Crippen LogP contribution in [0.2, 0.25) is 0 Å². The highest BCUT2D eigenvalue weighted by Gasteiger charge is 2.54. The smallest absolute Gasteiger partial charge is 0.242 e. The molecule has 0 radical (unpaired) electrons. The Morgan fingerprint density at radius 1 is 1.18 bits per heavy atom. The standard InChI is InChI=1S/C28H36FN7O3S/c1-34(2)40(38,39)23-8-6-22(7-9-23)32-26-25-24(10-15-31-27(25)37)36(33-26)28(11-14-30)12-16-35(17-13-28)19-20-4-3-5-21(29)18-20/h3-9,18,24-26,32-33H,10-13,15-17,19H2,1-2H3,(H,31,37). The summed E-state index contributed by atoms with van der Waals surface area (Å²) in [6.07, 6.45) is 2.11. The zero-order chi connectivity index (χ0) is 28.5. The Balaban J connectivity index is 1.34. The number of anilines is 1. The van der Waals surface area contributed by atoms with Crippen LogP contribution in [0.4, 0.5) is 10.1 Å². The van der Waals surface area contributed by atoms with Gasteiger partial charge in [0, 0.05) is 52.0 Å². The first-order valence-electron chi connectivity index (χ1n) is 13.6. The number of nitrogens with one attached hydrogen (secondary N) is 3. The van der Waals surface area contributed by atoms with Crippen molar-refractivity contribution in [2.45, 2.75) is 54.9 Å². The molecule has 3 aliphatic rings. The molecule has 1 amide bonds. The van der Waals surface area contributed by atoms with E-state index >= 15 is 0 Å². The van der Waals surface area contributed by atoms with Crippen LogP contribution in [0, 0.1) is 23.1 Å². The number of hydrogen-bond donors (Lipinski definition) is 3. The van der Waals surface area contributed by atoms with Crippen molar-refractivity contribution in [1.82, 2.24) is 25.0 Å². The minimum absolute atomic E-state index is 0.0498. The Morgan fingerprint density at radius 2 is 1.90 bits per heavy atom. The average Bonchev–Trinajstić information content (AvgIpc) is 3.30. The van der Waals surface area contributed by atoms with Gasteiger partial charge in [0.15, 0.2) is 0 Å². The van der Waals surface area contributed by atoms with Gasteiger partial charge in [-0.15, -0.1) is 0 Å². The molecule has 3 saturated heterocycles. The number of hydrogen-bond acceptors (Lipinski definition) is 8. The summed E-state index contributed by atoms with van der Waals surface area (Å²) in [5.41, 5.74) is 4.72. The van der Waals surface area contributed by atoms with Crippen molar-refractivity contribution < 1.29 is 17.6 Å². The van der Waals surface area contributed by atoms with Gasteiger partial charge in [0.2, 0.25) is 15.9 Å². The number of likely N-dealkylation sites (tertiary alicyclic amines) is 1. The highest BCUT2D eigenvalue weighted by molar-refractivity contribution is 7.89. The summed E-state index contributed by atoms with van der Waals surface area (Å²) in [5.74, 6) is -0.685. The number of carbonyl (C=O) groups is 1. The lowest BCUT2D eigenvalue weighted by molar-refractivity contribution is -0.128. The van der Waals surface area contributed by atoms with Gasteiger partial charge in [0.05, 0.1) is 28.8 Å². The number of carbonyl (C=O) groups excluding carboxylic acids is 1. The Hall–Kier alpha value is -3.08. The molecule has 0 aliphatic carbocycles. The van der Waals surface area contributed by atoms with E-state index in [0.29, 0.717) is 25.2 Å². The summed E-state index contributed by atoms with van der Waals surface area (Å²) in [6.45, 7) is 2.71. The first-order valence-corrected chi connectivity index (χ1v) is 15.0. The molecule has 12 heteroatoms. The normalized spacial score (nSPS) is 25.3. The number of sulfonamides is 1. The highest BCUT2D eigenvalue weighted by Crippen LogP contribution is 2.40. The van der Waals surface area contributed by atoms with Crippen molar-refractivity contribution >= 4 is 21.6 Å². The van der Waals surface area contributed by atoms with Crippen molar-refractivity contribution in [3.8, 4) is 6.07 Å². The molecule has 2 aromatic carbocycles. The van der Waals surface area contributed by atoms with Gasteiger partial charge in [-0.2, -0.15) is 5.26 Å². The largest absolute Gasteiger partial charge is 0.368 e. The van der Waals surface area contributed by atoms with E-state index in [1.54, 1.807) is 36.4 Å². The third-order valence-corrected chi connectivity index (χ3v) is 10.2. The number of halogens is 1. The first kappa shape index (κ1) is 28.4. The van der Waals surface area contributed by atoms with E-state index < -0.39 is 21.7 Å². The summed E-state index contributed by atoms with van der Waals surface area (Å²) in [7, 11) is -0.570. The fourth-order valence-corrected chi connectivity index (χ4v) is 7.10. The topological polar surface area (TPSA) is 121 Å². The van der Waals surface area contributed by atoms with Crippen molar-refractivity contribution in [2.75, 3.05) is 39.0 Å². The van der Waals surface area contributed by atoms with E-state index in [2.05, 4.69) is 32.0 Å². The first-order chi connectivity index (χ1) is 19.1. The molecule has 5 rings (SSSR count). The minimum Gasteiger partial charge on any atom is -0.368 e. The van der Waals surface area contributed by atoms with Gasteiger partial charge in [0.1, 0.15) is 12.0 Å². The summed E-state index contributed by atoms with van der Waals surface area (Å²) in [5, 5.41) is 18.4. The van der Waals surface area contributed by atoms with Crippen molar-refractivity contribution in [1.29, 1.82) is 5.26 Å². The fourth-order valence-electron chi connectivity index (χ4n) is 6.20. The van der Waals surface area contributed by atoms with Crippen LogP contribution in [0.3, 0.4) is 0 Å². The zero-order valence-corrected chi connectivity index (χ0v) is 23.6. The predicted molar refractivity (Wildman–Crippen MR) is 148 cm³/mol. The van der Waals surface area contributed by atoms with Crippen molar-refractivity contribution in [3.05, 3.63) is 59.9 Å². The average molecular weight is 570 g/mol. The lowest BCUT2D eigenvalue weighted by atomic mass is 9.81.